The fourth-order valence-electron chi connectivity index (χ4n) is 2.93. The lowest BCUT2D eigenvalue weighted by atomic mass is 10.0. The molecule has 0 amide bonds. The number of fused-ring (bicyclic) bond motifs is 1. The van der Waals surface area contributed by atoms with Gasteiger partial charge in [0.1, 0.15) is 11.3 Å². The van der Waals surface area contributed by atoms with Crippen molar-refractivity contribution in [1.82, 2.24) is 19.5 Å². The number of imidazole rings is 1. The van der Waals surface area contributed by atoms with E-state index in [0.717, 1.165) is 29.2 Å². The van der Waals surface area contributed by atoms with Crippen molar-refractivity contribution in [2.45, 2.75) is 46.2 Å². The van der Waals surface area contributed by atoms with E-state index in [0.29, 0.717) is 13.0 Å². The van der Waals surface area contributed by atoms with Crippen LogP contribution in [0.2, 0.25) is 0 Å². The summed E-state index contributed by atoms with van der Waals surface area (Å²) in [6, 6.07) is 10.5. The van der Waals surface area contributed by atoms with E-state index in [-0.39, 0.29) is 18.6 Å². The number of aromatic nitrogens is 4. The molecule has 0 aliphatic rings. The minimum absolute atomic E-state index is 0.147. The summed E-state index contributed by atoms with van der Waals surface area (Å²) in [4.78, 5) is 14.0. The number of hydrogen-bond acceptors (Lipinski definition) is 5. The zero-order chi connectivity index (χ0) is 18.5. The lowest BCUT2D eigenvalue weighted by Gasteiger charge is -2.14. The highest BCUT2D eigenvalue weighted by Gasteiger charge is 2.17. The average Bonchev–Trinajstić information content (AvgIpc) is 3.09. The molecule has 6 heteroatoms. The highest BCUT2D eigenvalue weighted by atomic mass is 16.3. The van der Waals surface area contributed by atoms with Crippen molar-refractivity contribution >= 4 is 17.0 Å². The highest BCUT2D eigenvalue weighted by Crippen LogP contribution is 2.23. The molecule has 0 spiro atoms. The summed E-state index contributed by atoms with van der Waals surface area (Å²) < 4.78 is 2.06. The maximum absolute atomic E-state index is 9.54. The van der Waals surface area contributed by atoms with Crippen LogP contribution in [-0.4, -0.2) is 31.2 Å². The molecule has 3 rings (SSSR count). The van der Waals surface area contributed by atoms with E-state index in [1.807, 2.05) is 24.5 Å². The molecule has 0 radical (unpaired) electrons. The van der Waals surface area contributed by atoms with Crippen LogP contribution in [0.15, 0.2) is 36.7 Å². The van der Waals surface area contributed by atoms with Crippen molar-refractivity contribution in [3.05, 3.63) is 48.0 Å². The van der Waals surface area contributed by atoms with Gasteiger partial charge in [-0.05, 0) is 25.3 Å². The van der Waals surface area contributed by atoms with Crippen LogP contribution < -0.4 is 5.32 Å². The Morgan fingerprint density at radius 2 is 1.92 bits per heavy atom. The molecule has 2 heterocycles. The van der Waals surface area contributed by atoms with Gasteiger partial charge < -0.3 is 15.0 Å². The Bertz CT molecular complexity index is 840. The predicted molar refractivity (Wildman–Crippen MR) is 104 cm³/mol. The lowest BCUT2D eigenvalue weighted by molar-refractivity contribution is 0.220. The van der Waals surface area contributed by atoms with Gasteiger partial charge in [-0.3, -0.25) is 0 Å². The molecule has 0 aliphatic carbocycles. The summed E-state index contributed by atoms with van der Waals surface area (Å²) in [5, 5.41) is 13.0. The minimum atomic E-state index is 0.147. The van der Waals surface area contributed by atoms with Crippen molar-refractivity contribution in [3.8, 4) is 0 Å². The van der Waals surface area contributed by atoms with Crippen LogP contribution in [-0.2, 0) is 13.0 Å². The van der Waals surface area contributed by atoms with Gasteiger partial charge in [0, 0.05) is 25.6 Å². The van der Waals surface area contributed by atoms with Crippen LogP contribution in [0.4, 0.5) is 5.82 Å². The first-order chi connectivity index (χ1) is 12.6. The normalized spacial score (nSPS) is 12.7. The highest BCUT2D eigenvalue weighted by molar-refractivity contribution is 5.83. The van der Waals surface area contributed by atoms with Crippen LogP contribution in [0.3, 0.4) is 0 Å². The Kier molecular flexibility index (Phi) is 5.83. The Morgan fingerprint density at radius 3 is 2.58 bits per heavy atom. The van der Waals surface area contributed by atoms with Gasteiger partial charge in [0.2, 0.25) is 0 Å². The molecule has 0 bridgehead atoms. The number of rotatable bonds is 8. The molecule has 138 valence electrons. The van der Waals surface area contributed by atoms with Crippen LogP contribution in [0.25, 0.3) is 11.2 Å². The molecule has 1 unspecified atom stereocenters. The van der Waals surface area contributed by atoms with Crippen LogP contribution in [0.1, 0.15) is 44.6 Å². The second-order valence-electron chi connectivity index (χ2n) is 6.91. The Morgan fingerprint density at radius 1 is 1.15 bits per heavy atom. The average molecular weight is 353 g/mol. The fourth-order valence-corrected chi connectivity index (χ4v) is 2.93. The standard InChI is InChI=1S/C20H27N5O/c1-4-15(12-26)10-17-23-19(21-11-16-8-6-5-7-9-16)18-20(24-17)25(13-22-18)14(2)3/h5-9,13-15,26H,4,10-12H2,1-3H3,(H,21,23,24). The number of aliphatic hydroxyl groups is 1. The smallest absolute Gasteiger partial charge is 0.166 e. The maximum atomic E-state index is 9.54. The molecule has 2 N–H and O–H groups in total. The zero-order valence-electron chi connectivity index (χ0n) is 15.7. The van der Waals surface area contributed by atoms with E-state index in [9.17, 15) is 5.11 Å². The van der Waals surface area contributed by atoms with Crippen LogP contribution >= 0.6 is 0 Å². The first-order valence-corrected chi connectivity index (χ1v) is 9.24. The molecule has 6 nitrogen and oxygen atoms in total. The van der Waals surface area contributed by atoms with Gasteiger partial charge in [-0.25, -0.2) is 15.0 Å². The van der Waals surface area contributed by atoms with Gasteiger partial charge >= 0.3 is 0 Å². The number of nitrogens with zero attached hydrogens (tertiary/aromatic N) is 4. The summed E-state index contributed by atoms with van der Waals surface area (Å²) in [7, 11) is 0. The molecule has 1 aromatic carbocycles. The molecule has 1 atom stereocenters. The number of benzene rings is 1. The summed E-state index contributed by atoms with van der Waals surface area (Å²) in [5.74, 6) is 1.67. The molecule has 2 aromatic heterocycles. The summed E-state index contributed by atoms with van der Waals surface area (Å²) >= 11 is 0. The Balaban J connectivity index is 1.96. The molecule has 0 saturated carbocycles. The molecular weight excluding hydrogens is 326 g/mol. The van der Waals surface area contributed by atoms with Crippen LogP contribution in [0.5, 0.6) is 0 Å². The summed E-state index contributed by atoms with van der Waals surface area (Å²) in [6.45, 7) is 7.13. The first kappa shape index (κ1) is 18.3. The van der Waals surface area contributed by atoms with E-state index < -0.39 is 0 Å². The van der Waals surface area contributed by atoms with E-state index in [1.54, 1.807) is 0 Å². The monoisotopic (exact) mass is 353 g/mol. The molecular formula is C20H27N5O. The van der Waals surface area contributed by atoms with Crippen molar-refractivity contribution in [2.24, 2.45) is 5.92 Å². The van der Waals surface area contributed by atoms with E-state index in [4.69, 9.17) is 9.97 Å². The molecule has 3 aromatic rings. The third kappa shape index (κ3) is 4.02. The van der Waals surface area contributed by atoms with E-state index in [1.165, 1.54) is 5.56 Å². The van der Waals surface area contributed by atoms with Gasteiger partial charge in [-0.1, -0.05) is 43.7 Å². The third-order valence-electron chi connectivity index (χ3n) is 4.63. The number of anilines is 1. The number of aliphatic hydroxyl groups excluding tert-OH is 1. The van der Waals surface area contributed by atoms with Crippen molar-refractivity contribution in [1.29, 1.82) is 0 Å². The van der Waals surface area contributed by atoms with Gasteiger partial charge in [-0.2, -0.15) is 0 Å². The van der Waals surface area contributed by atoms with Gasteiger partial charge in [-0.15, -0.1) is 0 Å². The second kappa shape index (κ2) is 8.27. The summed E-state index contributed by atoms with van der Waals surface area (Å²) in [5.41, 5.74) is 2.81. The van der Waals surface area contributed by atoms with Crippen molar-refractivity contribution in [2.75, 3.05) is 11.9 Å². The second-order valence-corrected chi connectivity index (χ2v) is 6.91. The number of hydrogen-bond donors (Lipinski definition) is 2. The first-order valence-electron chi connectivity index (χ1n) is 9.24. The fraction of sp³-hybridized carbons (Fsp3) is 0.450. The van der Waals surface area contributed by atoms with Gasteiger partial charge in [0.15, 0.2) is 11.5 Å². The van der Waals surface area contributed by atoms with Gasteiger partial charge in [0.05, 0.1) is 6.33 Å². The quantitative estimate of drug-likeness (QED) is 0.647. The Labute approximate surface area is 154 Å². The molecule has 0 fully saturated rings. The van der Waals surface area contributed by atoms with Crippen molar-refractivity contribution < 1.29 is 5.11 Å². The zero-order valence-corrected chi connectivity index (χ0v) is 15.7. The summed E-state index contributed by atoms with van der Waals surface area (Å²) in [6.07, 6.45) is 3.38. The molecule has 26 heavy (non-hydrogen) atoms. The SMILES string of the molecule is CCC(CO)Cc1nc(NCc2ccccc2)c2ncn(C(C)C)c2n1. The van der Waals surface area contributed by atoms with Crippen LogP contribution in [0, 0.1) is 5.92 Å². The van der Waals surface area contributed by atoms with Gasteiger partial charge in [0.25, 0.3) is 0 Å². The van der Waals surface area contributed by atoms with E-state index in [2.05, 4.69) is 47.8 Å². The lowest BCUT2D eigenvalue weighted by Crippen LogP contribution is -2.13. The topological polar surface area (TPSA) is 75.9 Å². The number of nitrogens with one attached hydrogen (secondary N) is 1. The third-order valence-corrected chi connectivity index (χ3v) is 4.63. The van der Waals surface area contributed by atoms with E-state index >= 15 is 0 Å². The predicted octanol–water partition coefficient (Wildman–Crippen LogP) is 3.58. The minimum Gasteiger partial charge on any atom is -0.396 e. The maximum Gasteiger partial charge on any atom is 0.166 e. The molecule has 0 aliphatic heterocycles. The Hall–Kier alpha value is -2.47. The van der Waals surface area contributed by atoms with Crippen molar-refractivity contribution in [3.63, 3.8) is 0 Å². The largest absolute Gasteiger partial charge is 0.396 e. The molecule has 0 saturated heterocycles.